The van der Waals surface area contributed by atoms with Crippen molar-refractivity contribution in [2.75, 3.05) is 43.1 Å². The number of piperazine rings is 1. The molecular weight excluding hydrogens is 338 g/mol. The summed E-state index contributed by atoms with van der Waals surface area (Å²) in [5, 5.41) is 1.09. The van der Waals surface area contributed by atoms with E-state index >= 15 is 0 Å². The molecule has 27 heavy (non-hydrogen) atoms. The fraction of sp³-hybridized carbons (Fsp3) is 0.238. The molecule has 136 valence electrons. The standard InChI is InChI=1S/C21H21N5O/c1-27-16-7-8-17-18(13-16)24-20-19(17)22-14-23-21(20)26-11-9-25(10-12-26)15-5-3-2-4-6-15/h2-8,13-14,24H,9-12H2,1H3. The highest BCUT2D eigenvalue weighted by Crippen LogP contribution is 2.31. The number of rotatable bonds is 3. The van der Waals surface area contributed by atoms with Crippen LogP contribution in [0.3, 0.4) is 0 Å². The lowest BCUT2D eigenvalue weighted by Gasteiger charge is -2.36. The first kappa shape index (κ1) is 15.9. The minimum Gasteiger partial charge on any atom is -0.497 e. The third kappa shape index (κ3) is 2.73. The molecule has 0 bridgehead atoms. The Morgan fingerprint density at radius 2 is 1.70 bits per heavy atom. The molecule has 1 aliphatic heterocycles. The van der Waals surface area contributed by atoms with Gasteiger partial charge in [-0.25, -0.2) is 9.97 Å². The number of methoxy groups -OCH3 is 1. The summed E-state index contributed by atoms with van der Waals surface area (Å²) >= 11 is 0. The molecule has 2 aromatic carbocycles. The van der Waals surface area contributed by atoms with Crippen molar-refractivity contribution >= 4 is 33.4 Å². The number of fused-ring (bicyclic) bond motifs is 3. The van der Waals surface area contributed by atoms with Crippen molar-refractivity contribution in [3.63, 3.8) is 0 Å². The summed E-state index contributed by atoms with van der Waals surface area (Å²) in [5.74, 6) is 1.81. The van der Waals surface area contributed by atoms with Crippen LogP contribution in [0.5, 0.6) is 5.75 Å². The molecule has 0 radical (unpaired) electrons. The van der Waals surface area contributed by atoms with Crippen LogP contribution in [-0.4, -0.2) is 48.2 Å². The topological polar surface area (TPSA) is 57.3 Å². The van der Waals surface area contributed by atoms with Crippen LogP contribution in [0.1, 0.15) is 0 Å². The minimum atomic E-state index is 0.833. The summed E-state index contributed by atoms with van der Waals surface area (Å²) in [7, 11) is 1.68. The predicted octanol–water partition coefficient (Wildman–Crippen LogP) is 3.45. The molecule has 0 unspecified atom stereocenters. The lowest BCUT2D eigenvalue weighted by molar-refractivity contribution is 0.415. The van der Waals surface area contributed by atoms with Gasteiger partial charge >= 0.3 is 0 Å². The molecule has 0 spiro atoms. The van der Waals surface area contributed by atoms with Crippen molar-refractivity contribution in [2.24, 2.45) is 0 Å². The van der Waals surface area contributed by atoms with E-state index in [1.807, 2.05) is 12.1 Å². The molecule has 2 aromatic heterocycles. The lowest BCUT2D eigenvalue weighted by atomic mass is 10.2. The van der Waals surface area contributed by atoms with Gasteiger partial charge in [0.05, 0.1) is 12.6 Å². The first-order valence-electron chi connectivity index (χ1n) is 9.19. The number of nitrogens with one attached hydrogen (secondary N) is 1. The second kappa shape index (κ2) is 6.46. The maximum absolute atomic E-state index is 5.35. The molecule has 0 atom stereocenters. The van der Waals surface area contributed by atoms with Gasteiger partial charge in [-0.3, -0.25) is 0 Å². The zero-order valence-corrected chi connectivity index (χ0v) is 15.2. The second-order valence-corrected chi connectivity index (χ2v) is 6.77. The van der Waals surface area contributed by atoms with Gasteiger partial charge < -0.3 is 19.5 Å². The molecule has 6 nitrogen and oxygen atoms in total. The number of benzene rings is 2. The Labute approximate surface area is 157 Å². The number of anilines is 2. The molecule has 5 rings (SSSR count). The lowest BCUT2D eigenvalue weighted by Crippen LogP contribution is -2.46. The second-order valence-electron chi connectivity index (χ2n) is 6.77. The van der Waals surface area contributed by atoms with Crippen molar-refractivity contribution in [2.45, 2.75) is 0 Å². The Hall–Kier alpha value is -3.28. The molecule has 6 heteroatoms. The Morgan fingerprint density at radius 3 is 2.48 bits per heavy atom. The van der Waals surface area contributed by atoms with Crippen LogP contribution in [-0.2, 0) is 0 Å². The van der Waals surface area contributed by atoms with Gasteiger partial charge in [-0.2, -0.15) is 0 Å². The molecule has 1 N–H and O–H groups in total. The van der Waals surface area contributed by atoms with Gasteiger partial charge in [0.25, 0.3) is 0 Å². The van der Waals surface area contributed by atoms with E-state index < -0.39 is 0 Å². The van der Waals surface area contributed by atoms with Crippen LogP contribution in [0.25, 0.3) is 21.9 Å². The highest BCUT2D eigenvalue weighted by atomic mass is 16.5. The van der Waals surface area contributed by atoms with Gasteiger partial charge in [0.1, 0.15) is 23.1 Å². The molecule has 1 aliphatic rings. The molecule has 0 saturated carbocycles. The zero-order chi connectivity index (χ0) is 18.2. The van der Waals surface area contributed by atoms with E-state index in [9.17, 15) is 0 Å². The number of para-hydroxylation sites is 1. The van der Waals surface area contributed by atoms with E-state index in [1.54, 1.807) is 13.4 Å². The molecular formula is C21H21N5O. The van der Waals surface area contributed by atoms with E-state index in [2.05, 4.69) is 61.1 Å². The van der Waals surface area contributed by atoms with E-state index in [4.69, 9.17) is 4.74 Å². The fourth-order valence-electron chi connectivity index (χ4n) is 3.85. The highest BCUT2D eigenvalue weighted by Gasteiger charge is 2.21. The number of H-pyrrole nitrogens is 1. The van der Waals surface area contributed by atoms with Crippen LogP contribution < -0.4 is 14.5 Å². The van der Waals surface area contributed by atoms with Gasteiger partial charge in [0.15, 0.2) is 5.82 Å². The summed E-state index contributed by atoms with van der Waals surface area (Å²) in [6, 6.07) is 16.6. The van der Waals surface area contributed by atoms with Crippen molar-refractivity contribution < 1.29 is 4.74 Å². The van der Waals surface area contributed by atoms with E-state index in [0.29, 0.717) is 0 Å². The Morgan fingerprint density at radius 1 is 0.926 bits per heavy atom. The van der Waals surface area contributed by atoms with Gasteiger partial charge in [-0.1, -0.05) is 18.2 Å². The smallest absolute Gasteiger partial charge is 0.156 e. The van der Waals surface area contributed by atoms with Crippen LogP contribution >= 0.6 is 0 Å². The number of hydrogen-bond donors (Lipinski definition) is 1. The predicted molar refractivity (Wildman–Crippen MR) is 109 cm³/mol. The van der Waals surface area contributed by atoms with Gasteiger partial charge in [0.2, 0.25) is 0 Å². The monoisotopic (exact) mass is 359 g/mol. The maximum Gasteiger partial charge on any atom is 0.156 e. The molecule has 1 fully saturated rings. The minimum absolute atomic E-state index is 0.833. The molecule has 4 aromatic rings. The van der Waals surface area contributed by atoms with E-state index in [0.717, 1.165) is 59.7 Å². The van der Waals surface area contributed by atoms with Crippen molar-refractivity contribution in [3.8, 4) is 5.75 Å². The third-order valence-electron chi connectivity index (χ3n) is 5.27. The molecule has 0 amide bonds. The van der Waals surface area contributed by atoms with Crippen molar-refractivity contribution in [1.82, 2.24) is 15.0 Å². The molecule has 3 heterocycles. The number of hydrogen-bond acceptors (Lipinski definition) is 5. The summed E-state index contributed by atoms with van der Waals surface area (Å²) < 4.78 is 5.35. The van der Waals surface area contributed by atoms with Gasteiger partial charge in [-0.15, -0.1) is 0 Å². The zero-order valence-electron chi connectivity index (χ0n) is 15.2. The fourth-order valence-corrected chi connectivity index (χ4v) is 3.85. The van der Waals surface area contributed by atoms with Crippen LogP contribution in [0, 0.1) is 0 Å². The SMILES string of the molecule is COc1ccc2c(c1)[nH]c1c(N3CCN(c4ccccc4)CC3)ncnc12. The maximum atomic E-state index is 5.35. The quantitative estimate of drug-likeness (QED) is 0.607. The van der Waals surface area contributed by atoms with E-state index in [1.165, 1.54) is 5.69 Å². The largest absolute Gasteiger partial charge is 0.497 e. The first-order chi connectivity index (χ1) is 13.3. The van der Waals surface area contributed by atoms with E-state index in [-0.39, 0.29) is 0 Å². The van der Waals surface area contributed by atoms with Crippen LogP contribution in [0.15, 0.2) is 54.9 Å². The summed E-state index contributed by atoms with van der Waals surface area (Å²) in [6.07, 6.45) is 1.67. The van der Waals surface area contributed by atoms with Crippen LogP contribution in [0.4, 0.5) is 11.5 Å². The number of aromatic nitrogens is 3. The average molecular weight is 359 g/mol. The molecule has 0 aliphatic carbocycles. The van der Waals surface area contributed by atoms with Crippen molar-refractivity contribution in [1.29, 1.82) is 0 Å². The number of ether oxygens (including phenoxy) is 1. The number of aromatic amines is 1. The van der Waals surface area contributed by atoms with Gasteiger partial charge in [0, 0.05) is 43.3 Å². The summed E-state index contributed by atoms with van der Waals surface area (Å²) in [4.78, 5) is 17.4. The Balaban J connectivity index is 1.47. The highest BCUT2D eigenvalue weighted by molar-refractivity contribution is 6.08. The number of nitrogens with zero attached hydrogens (tertiary/aromatic N) is 4. The average Bonchev–Trinajstić information content (AvgIpc) is 3.12. The van der Waals surface area contributed by atoms with Crippen molar-refractivity contribution in [3.05, 3.63) is 54.9 Å². The van der Waals surface area contributed by atoms with Gasteiger partial charge in [-0.05, 0) is 24.3 Å². The summed E-state index contributed by atoms with van der Waals surface area (Å²) in [6.45, 7) is 3.81. The Bertz CT molecular complexity index is 1080. The van der Waals surface area contributed by atoms with Crippen LogP contribution in [0.2, 0.25) is 0 Å². The normalized spacial score (nSPS) is 14.9. The molecule has 1 saturated heterocycles. The first-order valence-corrected chi connectivity index (χ1v) is 9.19. The Kier molecular flexibility index (Phi) is 3.81. The third-order valence-corrected chi connectivity index (χ3v) is 5.27. The summed E-state index contributed by atoms with van der Waals surface area (Å²) in [5.41, 5.74) is 4.26.